The number of nitrogens with zero attached hydrogens (tertiary/aromatic N) is 5. The zero-order valence-corrected chi connectivity index (χ0v) is 28.5. The summed E-state index contributed by atoms with van der Waals surface area (Å²) in [5.41, 5.74) is 6.23. The van der Waals surface area contributed by atoms with E-state index < -0.39 is 29.2 Å². The van der Waals surface area contributed by atoms with E-state index in [1.54, 1.807) is 37.4 Å². The van der Waals surface area contributed by atoms with Gasteiger partial charge >= 0.3 is 5.97 Å². The van der Waals surface area contributed by atoms with Crippen molar-refractivity contribution in [2.75, 3.05) is 45.3 Å². The molecule has 2 unspecified atom stereocenters. The maximum Gasteiger partial charge on any atom is 0.356 e. The first kappa shape index (κ1) is 34.2. The summed E-state index contributed by atoms with van der Waals surface area (Å²) in [6.07, 6.45) is 0.862. The summed E-state index contributed by atoms with van der Waals surface area (Å²) < 4.78 is 12.5. The lowest BCUT2D eigenvalue weighted by atomic mass is 9.81. The van der Waals surface area contributed by atoms with Crippen LogP contribution in [-0.4, -0.2) is 88.5 Å². The molecule has 2 aliphatic rings. The molecule has 50 heavy (non-hydrogen) atoms. The third-order valence-electron chi connectivity index (χ3n) is 9.82. The van der Waals surface area contributed by atoms with Gasteiger partial charge in [0.1, 0.15) is 11.4 Å². The van der Waals surface area contributed by atoms with E-state index in [1.165, 1.54) is 30.5 Å². The molecule has 0 aliphatic carbocycles. The van der Waals surface area contributed by atoms with Crippen LogP contribution in [0, 0.1) is 0 Å². The predicted octanol–water partition coefficient (Wildman–Crippen LogP) is 3.82. The average molecular weight is 681 g/mol. The SMILES string of the molecule is COc1ccc(C(CCC(N)=O)(c2nc(C(=O)O)cn2C)N2C(=O)c3cccc(N4CCN(C(C)c5ccccc5)CC4)c3C2=O)cc1OC. The van der Waals surface area contributed by atoms with Crippen LogP contribution < -0.4 is 20.1 Å². The molecule has 3 heterocycles. The molecule has 260 valence electrons. The number of carbonyl (C=O) groups is 4. The van der Waals surface area contributed by atoms with E-state index in [4.69, 9.17) is 15.2 Å². The lowest BCUT2D eigenvalue weighted by Crippen LogP contribution is -2.52. The normalized spacial score (nSPS) is 16.6. The molecule has 0 saturated carbocycles. The minimum Gasteiger partial charge on any atom is -0.493 e. The Labute approximate surface area is 289 Å². The number of hydrogen-bond donors (Lipinski definition) is 2. The van der Waals surface area contributed by atoms with Gasteiger partial charge in [-0.2, -0.15) is 0 Å². The van der Waals surface area contributed by atoms with E-state index in [1.807, 2.05) is 24.3 Å². The second-order valence-electron chi connectivity index (χ2n) is 12.5. The number of carboxylic acids is 1. The van der Waals surface area contributed by atoms with Crippen molar-refractivity contribution in [1.82, 2.24) is 19.4 Å². The predicted molar refractivity (Wildman–Crippen MR) is 185 cm³/mol. The number of fused-ring (bicyclic) bond motifs is 1. The molecule has 0 spiro atoms. The maximum absolute atomic E-state index is 14.9. The second kappa shape index (κ2) is 13.7. The maximum atomic E-state index is 14.9. The molecule has 4 aromatic rings. The summed E-state index contributed by atoms with van der Waals surface area (Å²) >= 11 is 0. The zero-order valence-electron chi connectivity index (χ0n) is 28.5. The third kappa shape index (κ3) is 5.83. The van der Waals surface area contributed by atoms with Crippen molar-refractivity contribution in [2.24, 2.45) is 12.8 Å². The lowest BCUT2D eigenvalue weighted by molar-refractivity contribution is -0.118. The summed E-state index contributed by atoms with van der Waals surface area (Å²) in [6, 6.07) is 20.6. The third-order valence-corrected chi connectivity index (χ3v) is 9.82. The number of aromatic nitrogens is 2. The number of carboxylic acid groups (broad SMARTS) is 1. The fraction of sp³-hybridized carbons (Fsp3) is 0.324. The molecule has 1 fully saturated rings. The molecule has 3 amide bonds. The van der Waals surface area contributed by atoms with Crippen LogP contribution in [0.2, 0.25) is 0 Å². The number of imidazole rings is 1. The quantitative estimate of drug-likeness (QED) is 0.211. The van der Waals surface area contributed by atoms with E-state index in [-0.39, 0.29) is 41.5 Å². The number of benzene rings is 3. The first-order valence-electron chi connectivity index (χ1n) is 16.4. The Hall–Kier alpha value is -5.69. The van der Waals surface area contributed by atoms with Crippen LogP contribution in [0.1, 0.15) is 74.0 Å². The summed E-state index contributed by atoms with van der Waals surface area (Å²) in [7, 11) is 4.50. The Morgan fingerprint density at radius 3 is 2.26 bits per heavy atom. The topological polar surface area (TPSA) is 161 Å². The Bertz CT molecular complexity index is 1950. The summed E-state index contributed by atoms with van der Waals surface area (Å²) in [6.45, 7) is 4.91. The van der Waals surface area contributed by atoms with Crippen molar-refractivity contribution in [3.05, 3.63) is 107 Å². The molecule has 6 rings (SSSR count). The molecule has 3 N–H and O–H groups in total. The highest BCUT2D eigenvalue weighted by atomic mass is 16.5. The van der Waals surface area contributed by atoms with Crippen LogP contribution in [-0.2, 0) is 17.4 Å². The van der Waals surface area contributed by atoms with Crippen molar-refractivity contribution in [1.29, 1.82) is 0 Å². The number of aryl methyl sites for hydroxylation is 1. The van der Waals surface area contributed by atoms with Crippen molar-refractivity contribution in [3.63, 3.8) is 0 Å². The number of ether oxygens (including phenoxy) is 2. The standard InChI is InChI=1S/C37H40N6O7/c1-23(24-9-6-5-7-10-24)41-17-19-42(20-18-41)28-12-8-11-26-32(28)34(46)43(33(26)45)37(16-15-31(38)44,36-39-27(35(47)48)22-40(36)2)25-13-14-29(49-3)30(21-25)50-4/h5-14,21-23H,15-20H2,1-4H3,(H2,38,44)(H,47,48). The second-order valence-corrected chi connectivity index (χ2v) is 12.5. The molecule has 0 bridgehead atoms. The highest BCUT2D eigenvalue weighted by Crippen LogP contribution is 2.47. The van der Waals surface area contributed by atoms with Gasteiger partial charge in [-0.1, -0.05) is 42.5 Å². The zero-order chi connectivity index (χ0) is 35.7. The Morgan fingerprint density at radius 2 is 1.64 bits per heavy atom. The first-order chi connectivity index (χ1) is 24.0. The van der Waals surface area contributed by atoms with Gasteiger partial charge in [0, 0.05) is 51.9 Å². The lowest BCUT2D eigenvalue weighted by Gasteiger charge is -2.41. The molecular formula is C37H40N6O7. The molecule has 1 saturated heterocycles. The van der Waals surface area contributed by atoms with Crippen molar-refractivity contribution >= 4 is 29.4 Å². The van der Waals surface area contributed by atoms with E-state index >= 15 is 0 Å². The van der Waals surface area contributed by atoms with Crippen LogP contribution in [0.25, 0.3) is 0 Å². The number of anilines is 1. The summed E-state index contributed by atoms with van der Waals surface area (Å²) in [5, 5.41) is 9.89. The van der Waals surface area contributed by atoms with Gasteiger partial charge in [-0.3, -0.25) is 24.2 Å². The highest BCUT2D eigenvalue weighted by Gasteiger charge is 2.55. The molecule has 1 aromatic heterocycles. The molecule has 3 aromatic carbocycles. The number of nitrogens with two attached hydrogens (primary N) is 1. The van der Waals surface area contributed by atoms with Crippen molar-refractivity contribution in [2.45, 2.75) is 31.3 Å². The van der Waals surface area contributed by atoms with Gasteiger partial charge in [0.05, 0.1) is 31.0 Å². The number of methoxy groups -OCH3 is 2. The van der Waals surface area contributed by atoms with Crippen molar-refractivity contribution < 1.29 is 33.8 Å². The van der Waals surface area contributed by atoms with Crippen molar-refractivity contribution in [3.8, 4) is 11.5 Å². The average Bonchev–Trinajstić information content (AvgIpc) is 3.65. The largest absolute Gasteiger partial charge is 0.493 e. The fourth-order valence-corrected chi connectivity index (χ4v) is 7.25. The molecule has 13 heteroatoms. The molecule has 2 atom stereocenters. The Morgan fingerprint density at radius 1 is 0.940 bits per heavy atom. The number of piperazine rings is 1. The van der Waals surface area contributed by atoms with Gasteiger partial charge in [-0.25, -0.2) is 9.78 Å². The Balaban J connectivity index is 1.46. The minimum atomic E-state index is -1.79. The van der Waals surface area contributed by atoms with E-state index in [0.717, 1.165) is 18.0 Å². The van der Waals surface area contributed by atoms with Crippen LogP contribution in [0.4, 0.5) is 5.69 Å². The number of carbonyl (C=O) groups excluding carboxylic acids is 3. The van der Waals surface area contributed by atoms with E-state index in [9.17, 15) is 24.3 Å². The van der Waals surface area contributed by atoms with E-state index in [2.05, 4.69) is 33.8 Å². The highest BCUT2D eigenvalue weighted by molar-refractivity contribution is 6.24. The number of hydrogen-bond acceptors (Lipinski definition) is 9. The smallest absolute Gasteiger partial charge is 0.356 e. The van der Waals surface area contributed by atoms with E-state index in [0.29, 0.717) is 35.8 Å². The fourth-order valence-electron chi connectivity index (χ4n) is 7.25. The number of amides is 3. The van der Waals surface area contributed by atoms with Gasteiger partial charge in [-0.15, -0.1) is 0 Å². The molecule has 0 radical (unpaired) electrons. The van der Waals surface area contributed by atoms with Gasteiger partial charge in [0.25, 0.3) is 11.8 Å². The van der Waals surface area contributed by atoms with Gasteiger partial charge in [-0.05, 0) is 48.7 Å². The molecule has 13 nitrogen and oxygen atoms in total. The van der Waals surface area contributed by atoms with Gasteiger partial charge in [0.2, 0.25) is 5.91 Å². The van der Waals surface area contributed by atoms with Crippen LogP contribution >= 0.6 is 0 Å². The number of aromatic carboxylic acids is 1. The number of primary amides is 1. The van der Waals surface area contributed by atoms with Crippen LogP contribution in [0.5, 0.6) is 11.5 Å². The molecule has 2 aliphatic heterocycles. The molecular weight excluding hydrogens is 640 g/mol. The number of imide groups is 1. The van der Waals surface area contributed by atoms with Gasteiger partial charge in [0.15, 0.2) is 17.2 Å². The van der Waals surface area contributed by atoms with Gasteiger partial charge < -0.3 is 29.8 Å². The number of rotatable bonds is 12. The summed E-state index contributed by atoms with van der Waals surface area (Å²) in [4.78, 5) is 64.2. The summed E-state index contributed by atoms with van der Waals surface area (Å²) in [5.74, 6) is -2.45. The monoisotopic (exact) mass is 680 g/mol. The first-order valence-corrected chi connectivity index (χ1v) is 16.4. The Kier molecular flexibility index (Phi) is 9.35. The van der Waals surface area contributed by atoms with Crippen LogP contribution in [0.15, 0.2) is 72.9 Å². The van der Waals surface area contributed by atoms with Crippen LogP contribution in [0.3, 0.4) is 0 Å². The minimum absolute atomic E-state index is 0.0583.